The van der Waals surface area contributed by atoms with E-state index in [0.29, 0.717) is 11.6 Å². The van der Waals surface area contributed by atoms with Crippen molar-refractivity contribution in [2.24, 2.45) is 0 Å². The Morgan fingerprint density at radius 1 is 1.38 bits per heavy atom. The number of benzene rings is 2. The fourth-order valence-corrected chi connectivity index (χ4v) is 3.55. The first-order chi connectivity index (χ1) is 11.7. The molecule has 2 N–H and O–H groups in total. The number of imidazole rings is 1. The Balaban J connectivity index is 1.38. The van der Waals surface area contributed by atoms with Gasteiger partial charge in [-0.05, 0) is 30.3 Å². The molecule has 3 aromatic rings. The zero-order chi connectivity index (χ0) is 16.5. The first-order valence-electron chi connectivity index (χ1n) is 7.48. The number of thioether (sulfide) groups is 1. The van der Waals surface area contributed by atoms with Crippen LogP contribution in [0.5, 0.6) is 5.75 Å². The SMILES string of the molecule is O=C(CSc1nc2ccccc2[nH]1)NC1COc2ccc(Cl)cc21. The van der Waals surface area contributed by atoms with E-state index in [0.717, 1.165) is 27.5 Å². The molecule has 2 aromatic carbocycles. The lowest BCUT2D eigenvalue weighted by molar-refractivity contribution is -0.119. The van der Waals surface area contributed by atoms with Gasteiger partial charge in [0.05, 0.1) is 22.8 Å². The summed E-state index contributed by atoms with van der Waals surface area (Å²) >= 11 is 7.40. The molecule has 5 nitrogen and oxygen atoms in total. The molecule has 1 aliphatic rings. The molecule has 1 atom stereocenters. The Bertz CT molecular complexity index is 879. The molecule has 0 saturated heterocycles. The number of hydrogen-bond acceptors (Lipinski definition) is 4. The number of ether oxygens (including phenoxy) is 1. The molecule has 1 aliphatic heterocycles. The number of H-pyrrole nitrogens is 1. The maximum absolute atomic E-state index is 12.2. The van der Waals surface area contributed by atoms with Crippen LogP contribution < -0.4 is 10.1 Å². The normalized spacial score (nSPS) is 16.0. The highest BCUT2D eigenvalue weighted by atomic mass is 35.5. The van der Waals surface area contributed by atoms with Gasteiger partial charge >= 0.3 is 0 Å². The number of halogens is 1. The number of amides is 1. The van der Waals surface area contributed by atoms with Gasteiger partial charge in [-0.2, -0.15) is 0 Å². The summed E-state index contributed by atoms with van der Waals surface area (Å²) in [5.41, 5.74) is 2.78. The number of aromatic amines is 1. The smallest absolute Gasteiger partial charge is 0.231 e. The second-order valence-electron chi connectivity index (χ2n) is 5.46. The predicted octanol–water partition coefficient (Wildman–Crippen LogP) is 3.56. The predicted molar refractivity (Wildman–Crippen MR) is 94.6 cm³/mol. The van der Waals surface area contributed by atoms with Crippen molar-refractivity contribution >= 4 is 40.3 Å². The van der Waals surface area contributed by atoms with Crippen LogP contribution in [0.15, 0.2) is 47.6 Å². The Labute approximate surface area is 147 Å². The monoisotopic (exact) mass is 359 g/mol. The molecule has 7 heteroatoms. The molecule has 2 heterocycles. The van der Waals surface area contributed by atoms with E-state index in [2.05, 4.69) is 15.3 Å². The molecule has 0 saturated carbocycles. The molecule has 1 amide bonds. The molecule has 0 radical (unpaired) electrons. The van der Waals surface area contributed by atoms with Gasteiger partial charge in [-0.1, -0.05) is 35.5 Å². The van der Waals surface area contributed by atoms with Crippen molar-refractivity contribution in [1.29, 1.82) is 0 Å². The Kier molecular flexibility index (Phi) is 4.08. The minimum absolute atomic E-state index is 0.0677. The van der Waals surface area contributed by atoms with E-state index in [4.69, 9.17) is 16.3 Å². The second kappa shape index (κ2) is 6.37. The second-order valence-corrected chi connectivity index (χ2v) is 6.86. The average molecular weight is 360 g/mol. The molecule has 122 valence electrons. The first kappa shape index (κ1) is 15.4. The summed E-state index contributed by atoms with van der Waals surface area (Å²) < 4.78 is 5.57. The summed E-state index contributed by atoms with van der Waals surface area (Å²) in [6, 6.07) is 13.1. The third kappa shape index (κ3) is 3.07. The van der Waals surface area contributed by atoms with Gasteiger partial charge in [0.2, 0.25) is 5.91 Å². The van der Waals surface area contributed by atoms with Gasteiger partial charge in [-0.25, -0.2) is 4.98 Å². The molecule has 0 bridgehead atoms. The van der Waals surface area contributed by atoms with Crippen LogP contribution in [0.4, 0.5) is 0 Å². The van der Waals surface area contributed by atoms with Crippen LogP contribution in [0, 0.1) is 0 Å². The molecule has 1 aromatic heterocycles. The van der Waals surface area contributed by atoms with Crippen LogP contribution in [-0.4, -0.2) is 28.2 Å². The highest BCUT2D eigenvalue weighted by molar-refractivity contribution is 7.99. The van der Waals surface area contributed by atoms with E-state index in [-0.39, 0.29) is 17.7 Å². The van der Waals surface area contributed by atoms with Crippen molar-refractivity contribution in [2.45, 2.75) is 11.2 Å². The molecule has 1 unspecified atom stereocenters. The third-order valence-corrected chi connectivity index (χ3v) is 4.90. The van der Waals surface area contributed by atoms with Crippen LogP contribution in [0.2, 0.25) is 5.02 Å². The van der Waals surface area contributed by atoms with E-state index in [1.807, 2.05) is 36.4 Å². The van der Waals surface area contributed by atoms with Crippen molar-refractivity contribution in [1.82, 2.24) is 15.3 Å². The zero-order valence-corrected chi connectivity index (χ0v) is 14.2. The third-order valence-electron chi connectivity index (χ3n) is 3.80. The number of aromatic nitrogens is 2. The van der Waals surface area contributed by atoms with Gasteiger partial charge in [0, 0.05) is 10.6 Å². The fourth-order valence-electron chi connectivity index (χ4n) is 2.67. The standard InChI is InChI=1S/C17H14ClN3O2S/c18-10-5-6-15-11(7-10)14(8-23-15)19-16(22)9-24-17-20-12-3-1-2-4-13(12)21-17/h1-7,14H,8-9H2,(H,19,22)(H,20,21). The highest BCUT2D eigenvalue weighted by Gasteiger charge is 2.25. The van der Waals surface area contributed by atoms with Crippen LogP contribution in [0.3, 0.4) is 0 Å². The lowest BCUT2D eigenvalue weighted by atomic mass is 10.1. The van der Waals surface area contributed by atoms with Gasteiger partial charge in [0.25, 0.3) is 0 Å². The lowest BCUT2D eigenvalue weighted by Gasteiger charge is -2.11. The molecular formula is C17H14ClN3O2S. The minimum Gasteiger partial charge on any atom is -0.491 e. The van der Waals surface area contributed by atoms with Crippen LogP contribution >= 0.6 is 23.4 Å². The van der Waals surface area contributed by atoms with Gasteiger partial charge < -0.3 is 15.0 Å². The number of nitrogens with zero attached hydrogens (tertiary/aromatic N) is 1. The van der Waals surface area contributed by atoms with Gasteiger partial charge in [-0.3, -0.25) is 4.79 Å². The maximum atomic E-state index is 12.2. The average Bonchev–Trinajstić information content (AvgIpc) is 3.17. The summed E-state index contributed by atoms with van der Waals surface area (Å²) in [7, 11) is 0. The number of carbonyl (C=O) groups is 1. The molecule has 0 aliphatic carbocycles. The van der Waals surface area contributed by atoms with Crippen LogP contribution in [-0.2, 0) is 4.79 Å². The van der Waals surface area contributed by atoms with Crippen molar-refractivity contribution in [3.8, 4) is 5.75 Å². The van der Waals surface area contributed by atoms with Gasteiger partial charge in [0.1, 0.15) is 12.4 Å². The van der Waals surface area contributed by atoms with E-state index >= 15 is 0 Å². The Morgan fingerprint density at radius 3 is 3.12 bits per heavy atom. The molecule has 0 fully saturated rings. The zero-order valence-electron chi connectivity index (χ0n) is 12.6. The summed E-state index contributed by atoms with van der Waals surface area (Å²) in [6.07, 6.45) is 0. The summed E-state index contributed by atoms with van der Waals surface area (Å²) in [4.78, 5) is 19.9. The molecule has 4 rings (SSSR count). The number of carbonyl (C=O) groups excluding carboxylic acids is 1. The minimum atomic E-state index is -0.164. The number of nitrogens with one attached hydrogen (secondary N) is 2. The quantitative estimate of drug-likeness (QED) is 0.699. The Morgan fingerprint density at radius 2 is 2.25 bits per heavy atom. The number of hydrogen-bond donors (Lipinski definition) is 2. The van der Waals surface area contributed by atoms with Crippen molar-refractivity contribution in [3.63, 3.8) is 0 Å². The van der Waals surface area contributed by atoms with Crippen molar-refractivity contribution in [2.75, 3.05) is 12.4 Å². The van der Waals surface area contributed by atoms with E-state index in [1.54, 1.807) is 6.07 Å². The number of fused-ring (bicyclic) bond motifs is 2. The highest BCUT2D eigenvalue weighted by Crippen LogP contribution is 2.34. The van der Waals surface area contributed by atoms with E-state index in [9.17, 15) is 4.79 Å². The summed E-state index contributed by atoms with van der Waals surface area (Å²) in [5.74, 6) is 0.989. The van der Waals surface area contributed by atoms with Crippen LogP contribution in [0.1, 0.15) is 11.6 Å². The van der Waals surface area contributed by atoms with E-state index < -0.39 is 0 Å². The lowest BCUT2D eigenvalue weighted by Crippen LogP contribution is -2.30. The fraction of sp³-hybridized carbons (Fsp3) is 0.176. The van der Waals surface area contributed by atoms with Gasteiger partial charge in [-0.15, -0.1) is 0 Å². The van der Waals surface area contributed by atoms with Crippen molar-refractivity contribution in [3.05, 3.63) is 53.1 Å². The van der Waals surface area contributed by atoms with Gasteiger partial charge in [0.15, 0.2) is 5.16 Å². The Hall–Kier alpha value is -2.18. The van der Waals surface area contributed by atoms with E-state index in [1.165, 1.54) is 11.8 Å². The molecule has 0 spiro atoms. The maximum Gasteiger partial charge on any atom is 0.231 e. The largest absolute Gasteiger partial charge is 0.491 e. The topological polar surface area (TPSA) is 67.0 Å². The first-order valence-corrected chi connectivity index (χ1v) is 8.84. The molecule has 24 heavy (non-hydrogen) atoms. The summed E-state index contributed by atoms with van der Waals surface area (Å²) in [5, 5.41) is 4.35. The summed E-state index contributed by atoms with van der Waals surface area (Å²) in [6.45, 7) is 0.427. The number of rotatable bonds is 4. The molecular weight excluding hydrogens is 346 g/mol. The number of para-hydroxylation sites is 2. The van der Waals surface area contributed by atoms with Crippen LogP contribution in [0.25, 0.3) is 11.0 Å². The van der Waals surface area contributed by atoms with Crippen molar-refractivity contribution < 1.29 is 9.53 Å².